The number of hydrogen-bond acceptors (Lipinski definition) is 4. The fourth-order valence-electron chi connectivity index (χ4n) is 1.20. The average Bonchev–Trinajstić information content (AvgIpc) is 2.66. The molecule has 2 aromatic rings. The maximum atomic E-state index is 11.3. The van der Waals surface area contributed by atoms with E-state index >= 15 is 0 Å². The van der Waals surface area contributed by atoms with Crippen molar-refractivity contribution in [3.63, 3.8) is 0 Å². The molecule has 0 aliphatic heterocycles. The topological polar surface area (TPSA) is 60.9 Å². The van der Waals surface area contributed by atoms with Gasteiger partial charge in [0.05, 0.1) is 16.7 Å². The van der Waals surface area contributed by atoms with Gasteiger partial charge in [-0.3, -0.25) is 4.79 Å². The second-order valence-electron chi connectivity index (χ2n) is 2.99. The second-order valence-corrected chi connectivity index (χ2v) is 4.82. The molecular formula is C9H8BrN3OS. The van der Waals surface area contributed by atoms with Crippen LogP contribution in [0.4, 0.5) is 5.69 Å². The van der Waals surface area contributed by atoms with Gasteiger partial charge in [0.25, 0.3) is 0 Å². The van der Waals surface area contributed by atoms with Crippen LogP contribution in [0.5, 0.6) is 0 Å². The first-order valence-electron chi connectivity index (χ1n) is 4.20. The average molecular weight is 286 g/mol. The summed E-state index contributed by atoms with van der Waals surface area (Å²) in [6.45, 7) is 0.626. The zero-order valence-corrected chi connectivity index (χ0v) is 10.1. The van der Waals surface area contributed by atoms with E-state index in [0.29, 0.717) is 11.0 Å². The first-order valence-corrected chi connectivity index (χ1v) is 5.87. The molecule has 2 N–H and O–H groups in total. The van der Waals surface area contributed by atoms with Gasteiger partial charge < -0.3 is 10.3 Å². The van der Waals surface area contributed by atoms with Gasteiger partial charge in [0.2, 0.25) is 5.43 Å². The minimum absolute atomic E-state index is 0.176. The van der Waals surface area contributed by atoms with Crippen LogP contribution >= 0.6 is 27.3 Å². The van der Waals surface area contributed by atoms with Gasteiger partial charge in [-0.15, -0.1) is 11.3 Å². The molecule has 0 spiro atoms. The zero-order valence-electron chi connectivity index (χ0n) is 7.68. The lowest BCUT2D eigenvalue weighted by atomic mass is 10.4. The summed E-state index contributed by atoms with van der Waals surface area (Å²) in [7, 11) is 0. The zero-order chi connectivity index (χ0) is 10.8. The predicted octanol–water partition coefficient (Wildman–Crippen LogP) is 1.70. The molecule has 0 amide bonds. The van der Waals surface area contributed by atoms with Crippen molar-refractivity contribution >= 4 is 33.0 Å². The number of nitrogen functional groups attached to an aromatic ring is 1. The van der Waals surface area contributed by atoms with Gasteiger partial charge >= 0.3 is 0 Å². The van der Waals surface area contributed by atoms with Gasteiger partial charge in [-0.1, -0.05) is 0 Å². The van der Waals surface area contributed by atoms with E-state index in [-0.39, 0.29) is 11.1 Å². The summed E-state index contributed by atoms with van der Waals surface area (Å²) < 4.78 is 2.30. The highest BCUT2D eigenvalue weighted by Gasteiger charge is 2.03. The highest BCUT2D eigenvalue weighted by atomic mass is 79.9. The molecular weight excluding hydrogens is 278 g/mol. The van der Waals surface area contributed by atoms with Crippen molar-refractivity contribution in [1.82, 2.24) is 9.55 Å². The van der Waals surface area contributed by atoms with Crippen molar-refractivity contribution in [2.75, 3.05) is 5.73 Å². The lowest BCUT2D eigenvalue weighted by molar-refractivity contribution is 0.781. The smallest absolute Gasteiger partial charge is 0.218 e. The third-order valence-corrected chi connectivity index (χ3v) is 3.19. The summed E-state index contributed by atoms with van der Waals surface area (Å²) in [4.78, 5) is 15.5. The van der Waals surface area contributed by atoms with E-state index in [1.54, 1.807) is 29.9 Å². The Labute approximate surface area is 98.5 Å². The molecule has 78 valence electrons. The molecule has 15 heavy (non-hydrogen) atoms. The summed E-state index contributed by atoms with van der Waals surface area (Å²) in [5.41, 5.74) is 5.63. The number of thiazole rings is 1. The molecule has 0 atom stereocenters. The highest BCUT2D eigenvalue weighted by Crippen LogP contribution is 2.10. The Morgan fingerprint density at radius 1 is 1.53 bits per heavy atom. The van der Waals surface area contributed by atoms with E-state index in [9.17, 15) is 4.79 Å². The number of nitrogens with zero attached hydrogens (tertiary/aromatic N) is 2. The van der Waals surface area contributed by atoms with Gasteiger partial charge in [-0.25, -0.2) is 4.98 Å². The number of nitrogens with two attached hydrogens (primary N) is 1. The minimum Gasteiger partial charge on any atom is -0.394 e. The lowest BCUT2D eigenvalue weighted by Crippen LogP contribution is -2.13. The summed E-state index contributed by atoms with van der Waals surface area (Å²) >= 11 is 4.74. The molecule has 2 rings (SSSR count). The minimum atomic E-state index is -0.176. The summed E-state index contributed by atoms with van der Waals surface area (Å²) in [6, 6.07) is 0. The Morgan fingerprint density at radius 2 is 2.33 bits per heavy atom. The molecule has 0 aromatic carbocycles. The lowest BCUT2D eigenvalue weighted by Gasteiger charge is -2.05. The first-order chi connectivity index (χ1) is 7.16. The van der Waals surface area contributed by atoms with Crippen LogP contribution in [0.15, 0.2) is 33.2 Å². The number of pyridine rings is 1. The maximum absolute atomic E-state index is 11.3. The molecule has 2 heterocycles. The molecule has 0 fully saturated rings. The van der Waals surface area contributed by atoms with Crippen molar-refractivity contribution in [3.05, 3.63) is 43.7 Å². The number of halogens is 1. The number of hydrogen-bond donors (Lipinski definition) is 1. The van der Waals surface area contributed by atoms with Crippen LogP contribution in [0, 0.1) is 0 Å². The first kappa shape index (κ1) is 10.4. The van der Waals surface area contributed by atoms with E-state index in [4.69, 9.17) is 5.73 Å². The molecule has 0 saturated carbocycles. The van der Waals surface area contributed by atoms with Crippen molar-refractivity contribution in [2.24, 2.45) is 0 Å². The van der Waals surface area contributed by atoms with Crippen LogP contribution in [0.2, 0.25) is 0 Å². The third-order valence-electron chi connectivity index (χ3n) is 1.86. The van der Waals surface area contributed by atoms with Gasteiger partial charge in [0, 0.05) is 24.0 Å². The highest BCUT2D eigenvalue weighted by molar-refractivity contribution is 9.10. The molecule has 0 radical (unpaired) electrons. The molecule has 2 aromatic heterocycles. The summed E-state index contributed by atoms with van der Waals surface area (Å²) in [6.07, 6.45) is 5.08. The quantitative estimate of drug-likeness (QED) is 0.914. The fraction of sp³-hybridized carbons (Fsp3) is 0.111. The second kappa shape index (κ2) is 4.16. The SMILES string of the molecule is Nc1cn(Cc2nccs2)cc(Br)c1=O. The number of aromatic nitrogens is 2. The molecule has 0 bridgehead atoms. The standard InChI is InChI=1S/C9H8BrN3OS/c10-6-3-13(4-7(11)9(6)14)5-8-12-1-2-15-8/h1-4H,5,11H2. The summed E-state index contributed by atoms with van der Waals surface area (Å²) in [5, 5.41) is 2.89. The van der Waals surface area contributed by atoms with Crippen molar-refractivity contribution in [3.8, 4) is 0 Å². The Bertz CT molecular complexity index is 494. The monoisotopic (exact) mass is 285 g/mol. The van der Waals surface area contributed by atoms with E-state index in [2.05, 4.69) is 20.9 Å². The van der Waals surface area contributed by atoms with Crippen LogP contribution in [0.1, 0.15) is 5.01 Å². The molecule has 4 nitrogen and oxygen atoms in total. The van der Waals surface area contributed by atoms with Gasteiger partial charge in [0.1, 0.15) is 5.01 Å². The van der Waals surface area contributed by atoms with E-state index in [0.717, 1.165) is 5.01 Å². The van der Waals surface area contributed by atoms with Crippen molar-refractivity contribution < 1.29 is 0 Å². The maximum Gasteiger partial charge on any atom is 0.218 e. The van der Waals surface area contributed by atoms with Crippen LogP contribution < -0.4 is 11.2 Å². The largest absolute Gasteiger partial charge is 0.394 e. The molecule has 6 heteroatoms. The molecule has 0 saturated heterocycles. The van der Waals surface area contributed by atoms with E-state index in [1.165, 1.54) is 0 Å². The fourth-order valence-corrected chi connectivity index (χ4v) is 2.31. The van der Waals surface area contributed by atoms with Gasteiger partial charge in [-0.2, -0.15) is 0 Å². The number of rotatable bonds is 2. The molecule has 0 aliphatic rings. The summed E-state index contributed by atoms with van der Waals surface area (Å²) in [5.74, 6) is 0. The van der Waals surface area contributed by atoms with Crippen LogP contribution in [0.25, 0.3) is 0 Å². The van der Waals surface area contributed by atoms with E-state index < -0.39 is 0 Å². The molecule has 0 unspecified atom stereocenters. The van der Waals surface area contributed by atoms with Crippen LogP contribution in [-0.4, -0.2) is 9.55 Å². The Morgan fingerprint density at radius 3 is 2.93 bits per heavy atom. The van der Waals surface area contributed by atoms with Gasteiger partial charge in [-0.05, 0) is 15.9 Å². The third kappa shape index (κ3) is 2.27. The molecule has 0 aliphatic carbocycles. The number of anilines is 1. The Kier molecular flexibility index (Phi) is 2.88. The van der Waals surface area contributed by atoms with Gasteiger partial charge in [0.15, 0.2) is 0 Å². The van der Waals surface area contributed by atoms with Crippen LogP contribution in [-0.2, 0) is 6.54 Å². The van der Waals surface area contributed by atoms with E-state index in [1.807, 2.05) is 9.95 Å². The van der Waals surface area contributed by atoms with Crippen LogP contribution in [0.3, 0.4) is 0 Å². The predicted molar refractivity (Wildman–Crippen MR) is 64.0 cm³/mol. The Hall–Kier alpha value is -1.14. The van der Waals surface area contributed by atoms with Crippen molar-refractivity contribution in [2.45, 2.75) is 6.54 Å². The Balaban J connectivity index is 2.34. The normalized spacial score (nSPS) is 10.5. The van der Waals surface area contributed by atoms with Crippen molar-refractivity contribution in [1.29, 1.82) is 0 Å².